The van der Waals surface area contributed by atoms with Gasteiger partial charge in [-0.15, -0.1) is 0 Å². The molecule has 1 fully saturated rings. The van der Waals surface area contributed by atoms with Gasteiger partial charge >= 0.3 is 5.97 Å². The predicted molar refractivity (Wildman–Crippen MR) is 84.9 cm³/mol. The fraction of sp³-hybridized carbons (Fsp3) is 0.647. The van der Waals surface area contributed by atoms with Gasteiger partial charge in [0.25, 0.3) is 0 Å². The van der Waals surface area contributed by atoms with Gasteiger partial charge in [-0.05, 0) is 37.8 Å². The highest BCUT2D eigenvalue weighted by atomic mass is 35.5. The van der Waals surface area contributed by atoms with E-state index in [2.05, 4.69) is 4.98 Å². The van der Waals surface area contributed by atoms with Crippen molar-refractivity contribution in [3.63, 3.8) is 0 Å². The van der Waals surface area contributed by atoms with Gasteiger partial charge in [-0.3, -0.25) is 0 Å². The lowest BCUT2D eigenvalue weighted by molar-refractivity contribution is 0.0267. The second-order valence-corrected chi connectivity index (χ2v) is 7.22. The SMILES string of the molecule is CC(C)(C)c1cc(C(=O)OC2CCCCCC2)cc(Cl)n1. The number of esters is 1. The fourth-order valence-electron chi connectivity index (χ4n) is 2.58. The number of aromatic nitrogens is 1. The smallest absolute Gasteiger partial charge is 0.338 e. The Hall–Kier alpha value is -1.09. The van der Waals surface area contributed by atoms with Crippen LogP contribution in [-0.2, 0) is 10.2 Å². The summed E-state index contributed by atoms with van der Waals surface area (Å²) in [5, 5.41) is 0.343. The Morgan fingerprint density at radius 3 is 2.38 bits per heavy atom. The van der Waals surface area contributed by atoms with E-state index in [1.807, 2.05) is 20.8 Å². The van der Waals surface area contributed by atoms with Crippen molar-refractivity contribution >= 4 is 17.6 Å². The summed E-state index contributed by atoms with van der Waals surface area (Å²) < 4.78 is 5.65. The summed E-state index contributed by atoms with van der Waals surface area (Å²) in [5.41, 5.74) is 1.16. The minimum Gasteiger partial charge on any atom is -0.459 e. The molecule has 0 atom stereocenters. The molecule has 1 aliphatic rings. The van der Waals surface area contributed by atoms with Gasteiger partial charge in [-0.1, -0.05) is 45.2 Å². The van der Waals surface area contributed by atoms with Crippen molar-refractivity contribution in [3.8, 4) is 0 Å². The quantitative estimate of drug-likeness (QED) is 0.442. The van der Waals surface area contributed by atoms with Crippen LogP contribution in [0.1, 0.15) is 75.3 Å². The second kappa shape index (κ2) is 6.78. The lowest BCUT2D eigenvalue weighted by Crippen LogP contribution is -2.19. The lowest BCUT2D eigenvalue weighted by atomic mass is 9.91. The van der Waals surface area contributed by atoms with Gasteiger partial charge in [0.05, 0.1) is 5.56 Å². The van der Waals surface area contributed by atoms with E-state index in [0.29, 0.717) is 10.7 Å². The maximum Gasteiger partial charge on any atom is 0.338 e. The van der Waals surface area contributed by atoms with Crippen LogP contribution in [0.5, 0.6) is 0 Å². The Bertz CT molecular complexity index is 500. The highest BCUT2D eigenvalue weighted by Gasteiger charge is 2.22. The molecule has 0 N–H and O–H groups in total. The third-order valence-corrected chi connectivity index (χ3v) is 4.07. The first-order valence-corrected chi connectivity index (χ1v) is 8.13. The third-order valence-electron chi connectivity index (χ3n) is 3.87. The number of nitrogens with zero attached hydrogens (tertiary/aromatic N) is 1. The van der Waals surface area contributed by atoms with E-state index in [-0.39, 0.29) is 17.5 Å². The van der Waals surface area contributed by atoms with Crippen molar-refractivity contribution in [2.75, 3.05) is 0 Å². The minimum atomic E-state index is -0.281. The average molecular weight is 310 g/mol. The Morgan fingerprint density at radius 2 is 1.81 bits per heavy atom. The number of carbonyl (C=O) groups is 1. The lowest BCUT2D eigenvalue weighted by Gasteiger charge is -2.20. The molecule has 0 spiro atoms. The molecule has 0 aliphatic heterocycles. The van der Waals surface area contributed by atoms with Crippen LogP contribution in [-0.4, -0.2) is 17.1 Å². The van der Waals surface area contributed by atoms with E-state index in [0.717, 1.165) is 31.4 Å². The van der Waals surface area contributed by atoms with Crippen LogP contribution in [0.2, 0.25) is 5.15 Å². The summed E-state index contributed by atoms with van der Waals surface area (Å²) in [4.78, 5) is 16.7. The summed E-state index contributed by atoms with van der Waals surface area (Å²) >= 11 is 6.05. The molecule has 21 heavy (non-hydrogen) atoms. The highest BCUT2D eigenvalue weighted by molar-refractivity contribution is 6.29. The van der Waals surface area contributed by atoms with Gasteiger partial charge in [-0.2, -0.15) is 0 Å². The van der Waals surface area contributed by atoms with Crippen molar-refractivity contribution < 1.29 is 9.53 Å². The molecular weight excluding hydrogens is 286 g/mol. The maximum atomic E-state index is 12.3. The second-order valence-electron chi connectivity index (χ2n) is 6.83. The summed E-state index contributed by atoms with van der Waals surface area (Å²) in [6.45, 7) is 6.14. The van der Waals surface area contributed by atoms with Crippen LogP contribution in [0, 0.1) is 0 Å². The van der Waals surface area contributed by atoms with Gasteiger partial charge in [0.1, 0.15) is 11.3 Å². The number of ether oxygens (including phenoxy) is 1. The Morgan fingerprint density at radius 1 is 1.19 bits per heavy atom. The molecule has 116 valence electrons. The van der Waals surface area contributed by atoms with Gasteiger partial charge in [0.15, 0.2) is 0 Å². The first-order valence-electron chi connectivity index (χ1n) is 7.75. The molecule has 0 radical (unpaired) electrons. The highest BCUT2D eigenvalue weighted by Crippen LogP contribution is 2.25. The fourth-order valence-corrected chi connectivity index (χ4v) is 2.79. The number of halogens is 1. The predicted octanol–water partition coefficient (Wildman–Crippen LogP) is 4.91. The molecule has 2 rings (SSSR count). The van der Waals surface area contributed by atoms with Gasteiger partial charge in [0.2, 0.25) is 0 Å². The van der Waals surface area contributed by atoms with Crippen molar-refractivity contribution in [2.24, 2.45) is 0 Å². The molecule has 1 aromatic rings. The number of hydrogen-bond acceptors (Lipinski definition) is 3. The molecule has 1 heterocycles. The zero-order chi connectivity index (χ0) is 15.5. The molecule has 4 heteroatoms. The normalized spacial score (nSPS) is 17.3. The van der Waals surface area contributed by atoms with Crippen LogP contribution >= 0.6 is 11.6 Å². The van der Waals surface area contributed by atoms with E-state index >= 15 is 0 Å². The van der Waals surface area contributed by atoms with E-state index in [4.69, 9.17) is 16.3 Å². The van der Waals surface area contributed by atoms with E-state index < -0.39 is 0 Å². The zero-order valence-electron chi connectivity index (χ0n) is 13.1. The standard InChI is InChI=1S/C17H24ClNO2/c1-17(2,3)14-10-12(11-15(18)19-14)16(20)21-13-8-6-4-5-7-9-13/h10-11,13H,4-9H2,1-3H3. The monoisotopic (exact) mass is 309 g/mol. The molecule has 0 saturated heterocycles. The summed E-state index contributed by atoms with van der Waals surface area (Å²) in [7, 11) is 0. The Kier molecular flexibility index (Phi) is 5.26. The molecule has 0 unspecified atom stereocenters. The number of pyridine rings is 1. The molecule has 1 saturated carbocycles. The van der Waals surface area contributed by atoms with Gasteiger partial charge in [0, 0.05) is 11.1 Å². The van der Waals surface area contributed by atoms with Crippen LogP contribution in [0.15, 0.2) is 12.1 Å². The van der Waals surface area contributed by atoms with Crippen LogP contribution in [0.4, 0.5) is 0 Å². The molecule has 0 amide bonds. The number of rotatable bonds is 2. The summed E-state index contributed by atoms with van der Waals surface area (Å²) in [6, 6.07) is 3.39. The number of hydrogen-bond donors (Lipinski definition) is 0. The van der Waals surface area contributed by atoms with Crippen LogP contribution < -0.4 is 0 Å². The Balaban J connectivity index is 2.13. The maximum absolute atomic E-state index is 12.3. The molecule has 3 nitrogen and oxygen atoms in total. The largest absolute Gasteiger partial charge is 0.459 e. The van der Waals surface area contributed by atoms with Crippen molar-refractivity contribution in [1.82, 2.24) is 4.98 Å². The summed E-state index contributed by atoms with van der Waals surface area (Å²) in [5.74, 6) is -0.281. The van der Waals surface area contributed by atoms with Crippen molar-refractivity contribution in [2.45, 2.75) is 70.8 Å². The Labute approximate surface area is 132 Å². The molecule has 1 aromatic heterocycles. The van der Waals surface area contributed by atoms with Crippen molar-refractivity contribution in [3.05, 3.63) is 28.5 Å². The van der Waals surface area contributed by atoms with E-state index in [9.17, 15) is 4.79 Å². The molecular formula is C17H24ClNO2. The average Bonchev–Trinajstić information content (AvgIpc) is 2.65. The minimum absolute atomic E-state index is 0.0463. The summed E-state index contributed by atoms with van der Waals surface area (Å²) in [6.07, 6.45) is 6.75. The molecule has 0 bridgehead atoms. The topological polar surface area (TPSA) is 39.2 Å². The van der Waals surface area contributed by atoms with Crippen molar-refractivity contribution in [1.29, 1.82) is 0 Å². The van der Waals surface area contributed by atoms with Crippen LogP contribution in [0.3, 0.4) is 0 Å². The van der Waals surface area contributed by atoms with Gasteiger partial charge in [-0.25, -0.2) is 9.78 Å². The number of carbonyl (C=O) groups excluding carboxylic acids is 1. The van der Waals surface area contributed by atoms with E-state index in [1.165, 1.54) is 12.8 Å². The van der Waals surface area contributed by atoms with E-state index in [1.54, 1.807) is 12.1 Å². The zero-order valence-corrected chi connectivity index (χ0v) is 13.9. The first kappa shape index (κ1) is 16.3. The third kappa shape index (κ3) is 4.70. The first-order chi connectivity index (χ1) is 9.86. The molecule has 1 aliphatic carbocycles. The van der Waals surface area contributed by atoms with Gasteiger partial charge < -0.3 is 4.74 Å². The van der Waals surface area contributed by atoms with Crippen LogP contribution in [0.25, 0.3) is 0 Å². The molecule has 0 aromatic carbocycles.